The summed E-state index contributed by atoms with van der Waals surface area (Å²) in [6.45, 7) is 2.04. The summed E-state index contributed by atoms with van der Waals surface area (Å²) in [6.07, 6.45) is 0.874. The molecule has 1 heterocycles. The second kappa shape index (κ2) is 10.5. The lowest BCUT2D eigenvalue weighted by Gasteiger charge is -2.11. The summed E-state index contributed by atoms with van der Waals surface area (Å²) in [5, 5.41) is 7.42. The Labute approximate surface area is 208 Å². The molecule has 36 heavy (non-hydrogen) atoms. The van der Waals surface area contributed by atoms with Crippen molar-refractivity contribution in [3.63, 3.8) is 0 Å². The van der Waals surface area contributed by atoms with Crippen LogP contribution in [0.15, 0.2) is 87.2 Å². The summed E-state index contributed by atoms with van der Waals surface area (Å²) in [5.41, 5.74) is 1.98. The fraction of sp³-hybridized carbons (Fsp3) is 0.154. The molecule has 186 valence electrons. The highest BCUT2D eigenvalue weighted by Crippen LogP contribution is 2.28. The first-order chi connectivity index (χ1) is 17.3. The standard InChI is InChI=1S/C26H25N3O6S/c1-4-17-9-11-19(12-10-17)27-25(30)21-15-18-7-5-6-8-22(18)35-26(21)28-29-36(31,32)24-16-20(33-2)13-14-23(24)34-3/h5-16,29H,4H2,1-3H3,(H,27,30)/b28-26-. The summed E-state index contributed by atoms with van der Waals surface area (Å²) in [5.74, 6) is -0.0890. The van der Waals surface area contributed by atoms with Crippen molar-refractivity contribution in [3.05, 3.63) is 89.5 Å². The van der Waals surface area contributed by atoms with Crippen molar-refractivity contribution in [2.45, 2.75) is 18.2 Å². The van der Waals surface area contributed by atoms with Crippen LogP contribution in [0.1, 0.15) is 22.8 Å². The molecule has 0 spiro atoms. The summed E-state index contributed by atoms with van der Waals surface area (Å²) in [7, 11) is -1.43. The van der Waals surface area contributed by atoms with E-state index >= 15 is 0 Å². The third-order valence-electron chi connectivity index (χ3n) is 5.45. The SMILES string of the molecule is CCc1ccc(NC(=O)c2cc3ccccc3o/c2=N\NS(=O)(=O)c2cc(OC)ccc2OC)cc1. The lowest BCUT2D eigenvalue weighted by molar-refractivity contribution is 0.102. The number of nitrogens with one attached hydrogen (secondary N) is 2. The molecule has 3 aromatic carbocycles. The Morgan fingerprint density at radius 3 is 2.42 bits per heavy atom. The Morgan fingerprint density at radius 2 is 1.72 bits per heavy atom. The van der Waals surface area contributed by atoms with Crippen molar-refractivity contribution in [2.75, 3.05) is 19.5 Å². The first kappa shape index (κ1) is 24.8. The zero-order chi connectivity index (χ0) is 25.7. The van der Waals surface area contributed by atoms with Crippen LogP contribution < -0.4 is 25.2 Å². The number of carbonyl (C=O) groups is 1. The second-order valence-corrected chi connectivity index (χ2v) is 9.36. The number of sulfonamides is 1. The van der Waals surface area contributed by atoms with Crippen molar-refractivity contribution >= 4 is 32.6 Å². The predicted octanol–water partition coefficient (Wildman–Crippen LogP) is 4.06. The maximum atomic E-state index is 13.2. The van der Waals surface area contributed by atoms with Gasteiger partial charge in [-0.05, 0) is 48.4 Å². The average molecular weight is 508 g/mol. The fourth-order valence-electron chi connectivity index (χ4n) is 3.48. The molecule has 0 aliphatic carbocycles. The zero-order valence-electron chi connectivity index (χ0n) is 19.9. The monoisotopic (exact) mass is 507 g/mol. The number of para-hydroxylation sites is 1. The molecular weight excluding hydrogens is 482 g/mol. The number of rotatable bonds is 8. The molecule has 0 bridgehead atoms. The molecule has 0 unspecified atom stereocenters. The topological polar surface area (TPSA) is 119 Å². The Bertz CT molecular complexity index is 1580. The number of aryl methyl sites for hydroxylation is 1. The Kier molecular flexibility index (Phi) is 7.25. The van der Waals surface area contributed by atoms with E-state index in [0.717, 1.165) is 12.0 Å². The van der Waals surface area contributed by atoms with Crippen LogP contribution in [0.5, 0.6) is 11.5 Å². The first-order valence-electron chi connectivity index (χ1n) is 11.1. The molecule has 2 N–H and O–H groups in total. The number of hydrogen-bond donors (Lipinski definition) is 2. The molecule has 0 radical (unpaired) electrons. The van der Waals surface area contributed by atoms with E-state index in [-0.39, 0.29) is 21.8 Å². The third-order valence-corrected chi connectivity index (χ3v) is 6.68. The number of hydrogen-bond acceptors (Lipinski definition) is 7. The first-order valence-corrected chi connectivity index (χ1v) is 12.5. The van der Waals surface area contributed by atoms with Gasteiger partial charge in [0.1, 0.15) is 27.5 Å². The molecule has 0 fully saturated rings. The van der Waals surface area contributed by atoms with Crippen molar-refractivity contribution in [1.29, 1.82) is 0 Å². The zero-order valence-corrected chi connectivity index (χ0v) is 20.8. The highest BCUT2D eigenvalue weighted by molar-refractivity contribution is 7.89. The van der Waals surface area contributed by atoms with Gasteiger partial charge in [0.05, 0.1) is 14.2 Å². The van der Waals surface area contributed by atoms with E-state index in [9.17, 15) is 13.2 Å². The van der Waals surface area contributed by atoms with Crippen molar-refractivity contribution in [1.82, 2.24) is 4.83 Å². The summed E-state index contributed by atoms with van der Waals surface area (Å²) in [6, 6.07) is 20.4. The smallest absolute Gasteiger partial charge is 0.280 e. The molecule has 10 heteroatoms. The number of benzene rings is 3. The largest absolute Gasteiger partial charge is 0.497 e. The van der Waals surface area contributed by atoms with Crippen LogP contribution in [0, 0.1) is 0 Å². The Hall–Kier alpha value is -4.31. The van der Waals surface area contributed by atoms with Gasteiger partial charge < -0.3 is 19.2 Å². The summed E-state index contributed by atoms with van der Waals surface area (Å²) >= 11 is 0. The molecular formula is C26H25N3O6S. The van der Waals surface area contributed by atoms with E-state index in [1.54, 1.807) is 48.5 Å². The summed E-state index contributed by atoms with van der Waals surface area (Å²) in [4.78, 5) is 15.1. The molecule has 1 aromatic heterocycles. The van der Waals surface area contributed by atoms with Crippen LogP contribution in [0.25, 0.3) is 11.0 Å². The lowest BCUT2D eigenvalue weighted by Crippen LogP contribution is -2.27. The minimum atomic E-state index is -4.21. The summed E-state index contributed by atoms with van der Waals surface area (Å²) < 4.78 is 42.3. The molecule has 9 nitrogen and oxygen atoms in total. The maximum Gasteiger partial charge on any atom is 0.280 e. The van der Waals surface area contributed by atoms with E-state index in [1.807, 2.05) is 19.1 Å². The van der Waals surface area contributed by atoms with Crippen LogP contribution >= 0.6 is 0 Å². The second-order valence-electron chi connectivity index (χ2n) is 7.73. The quantitative estimate of drug-likeness (QED) is 0.347. The number of amides is 1. The van der Waals surface area contributed by atoms with Gasteiger partial charge >= 0.3 is 0 Å². The fourth-order valence-corrected chi connectivity index (χ4v) is 4.47. The number of nitrogens with zero attached hydrogens (tertiary/aromatic N) is 1. The van der Waals surface area contributed by atoms with E-state index in [2.05, 4.69) is 15.2 Å². The number of carbonyl (C=O) groups excluding carboxylic acids is 1. The molecule has 0 aliphatic heterocycles. The van der Waals surface area contributed by atoms with Crippen LogP contribution in [-0.2, 0) is 16.4 Å². The maximum absolute atomic E-state index is 13.2. The minimum Gasteiger partial charge on any atom is -0.497 e. The molecule has 0 saturated carbocycles. The molecule has 0 aliphatic rings. The van der Waals surface area contributed by atoms with Gasteiger partial charge in [0.25, 0.3) is 15.9 Å². The van der Waals surface area contributed by atoms with Gasteiger partial charge in [0.2, 0.25) is 5.55 Å². The van der Waals surface area contributed by atoms with Gasteiger partial charge in [-0.15, -0.1) is 5.10 Å². The Morgan fingerprint density at radius 1 is 0.972 bits per heavy atom. The predicted molar refractivity (Wildman–Crippen MR) is 135 cm³/mol. The number of anilines is 1. The lowest BCUT2D eigenvalue weighted by atomic mass is 10.1. The van der Waals surface area contributed by atoms with Crippen molar-refractivity contribution in [3.8, 4) is 11.5 Å². The van der Waals surface area contributed by atoms with Crippen molar-refractivity contribution < 1.29 is 27.1 Å². The third kappa shape index (κ3) is 5.33. The molecule has 4 aromatic rings. The minimum absolute atomic E-state index is 0.0496. The number of fused-ring (bicyclic) bond motifs is 1. The van der Waals surface area contributed by atoms with E-state index < -0.39 is 15.9 Å². The van der Waals surface area contributed by atoms with Crippen LogP contribution in [-0.4, -0.2) is 28.5 Å². The highest BCUT2D eigenvalue weighted by atomic mass is 32.2. The van der Waals surface area contributed by atoms with Crippen LogP contribution in [0.3, 0.4) is 0 Å². The van der Waals surface area contributed by atoms with E-state index in [4.69, 9.17) is 13.9 Å². The van der Waals surface area contributed by atoms with Crippen LogP contribution in [0.4, 0.5) is 5.69 Å². The Balaban J connectivity index is 1.75. The van der Waals surface area contributed by atoms with Gasteiger partial charge in [0, 0.05) is 17.1 Å². The van der Waals surface area contributed by atoms with Gasteiger partial charge in [0.15, 0.2) is 0 Å². The van der Waals surface area contributed by atoms with Crippen LogP contribution in [0.2, 0.25) is 0 Å². The number of methoxy groups -OCH3 is 2. The highest BCUT2D eigenvalue weighted by Gasteiger charge is 2.21. The molecule has 0 saturated heterocycles. The molecule has 4 rings (SSSR count). The average Bonchev–Trinajstić information content (AvgIpc) is 2.91. The number of ether oxygens (including phenoxy) is 2. The van der Waals surface area contributed by atoms with E-state index in [0.29, 0.717) is 22.4 Å². The van der Waals surface area contributed by atoms with Gasteiger partial charge in [-0.3, -0.25) is 4.79 Å². The van der Waals surface area contributed by atoms with Gasteiger partial charge in [-0.1, -0.05) is 37.3 Å². The van der Waals surface area contributed by atoms with Gasteiger partial charge in [-0.25, -0.2) is 0 Å². The van der Waals surface area contributed by atoms with Gasteiger partial charge in [-0.2, -0.15) is 13.2 Å². The van der Waals surface area contributed by atoms with E-state index in [1.165, 1.54) is 26.4 Å². The molecule has 0 atom stereocenters. The van der Waals surface area contributed by atoms with Crippen molar-refractivity contribution in [2.24, 2.45) is 5.10 Å². The normalized spacial score (nSPS) is 11.8. The molecule has 1 amide bonds.